The second-order valence-electron chi connectivity index (χ2n) is 6.05. The van der Waals surface area contributed by atoms with Crippen molar-refractivity contribution in [3.63, 3.8) is 0 Å². The summed E-state index contributed by atoms with van der Waals surface area (Å²) >= 11 is 0. The van der Waals surface area contributed by atoms with Crippen LogP contribution in [0.4, 0.5) is 0 Å². The number of rotatable bonds is 5. The number of nitrogens with one attached hydrogen (secondary N) is 2. The first-order valence-corrected chi connectivity index (χ1v) is 8.25. The first-order chi connectivity index (χ1) is 11.7. The number of ether oxygens (including phenoxy) is 2. The fourth-order valence-corrected chi connectivity index (χ4v) is 3.02. The van der Waals surface area contributed by atoms with Crippen molar-refractivity contribution in [3.05, 3.63) is 47.3 Å². The van der Waals surface area contributed by atoms with Crippen LogP contribution in [0.15, 0.2) is 30.5 Å². The minimum absolute atomic E-state index is 0.0964. The topological polar surface area (TPSA) is 76.2 Å². The van der Waals surface area contributed by atoms with Gasteiger partial charge in [0.15, 0.2) is 0 Å². The van der Waals surface area contributed by atoms with E-state index in [0.717, 1.165) is 43.1 Å². The fraction of sp³-hybridized carbons (Fsp3) is 0.444. The number of H-pyrrole nitrogens is 1. The summed E-state index contributed by atoms with van der Waals surface area (Å²) in [6, 6.07) is 7.60. The van der Waals surface area contributed by atoms with Crippen molar-refractivity contribution in [1.82, 2.24) is 15.5 Å². The average molecular weight is 329 g/mol. The molecule has 1 amide bonds. The third kappa shape index (κ3) is 3.59. The third-order valence-corrected chi connectivity index (χ3v) is 4.51. The number of nitrogens with zero attached hydrogens (tertiary/aromatic N) is 1. The average Bonchev–Trinajstić information content (AvgIpc) is 3.12. The maximum atomic E-state index is 12.6. The monoisotopic (exact) mass is 329 g/mol. The van der Waals surface area contributed by atoms with Crippen molar-refractivity contribution < 1.29 is 14.3 Å². The minimum atomic E-state index is -0.103. The van der Waals surface area contributed by atoms with Crippen molar-refractivity contribution in [2.75, 3.05) is 20.3 Å². The molecule has 1 aromatic heterocycles. The lowest BCUT2D eigenvalue weighted by atomic mass is 9.93. The number of hydrogen-bond acceptors (Lipinski definition) is 4. The van der Waals surface area contributed by atoms with Crippen LogP contribution in [0.5, 0.6) is 5.75 Å². The van der Waals surface area contributed by atoms with Crippen LogP contribution in [0.1, 0.15) is 53.3 Å². The van der Waals surface area contributed by atoms with Crippen LogP contribution in [0, 0.1) is 0 Å². The molecule has 0 radical (unpaired) electrons. The highest BCUT2D eigenvalue weighted by atomic mass is 16.5. The predicted octanol–water partition coefficient (Wildman–Crippen LogP) is 2.80. The van der Waals surface area contributed by atoms with Gasteiger partial charge in [-0.1, -0.05) is 12.1 Å². The number of carbonyl (C=O) groups excluding carboxylic acids is 1. The van der Waals surface area contributed by atoms with Gasteiger partial charge >= 0.3 is 0 Å². The van der Waals surface area contributed by atoms with Gasteiger partial charge in [-0.25, -0.2) is 0 Å². The van der Waals surface area contributed by atoms with Gasteiger partial charge in [0.2, 0.25) is 0 Å². The first-order valence-electron chi connectivity index (χ1n) is 8.25. The molecule has 6 heteroatoms. The zero-order valence-electron chi connectivity index (χ0n) is 14.0. The van der Waals surface area contributed by atoms with Crippen LogP contribution in [0.2, 0.25) is 0 Å². The molecule has 2 N–H and O–H groups in total. The Labute approximate surface area is 141 Å². The zero-order chi connectivity index (χ0) is 16.9. The van der Waals surface area contributed by atoms with Crippen LogP contribution < -0.4 is 10.1 Å². The third-order valence-electron chi connectivity index (χ3n) is 4.51. The lowest BCUT2D eigenvalue weighted by molar-refractivity contribution is 0.0832. The lowest BCUT2D eigenvalue weighted by Gasteiger charge is -2.22. The molecule has 1 aliphatic heterocycles. The Balaban J connectivity index is 1.69. The molecule has 0 bridgehead atoms. The van der Waals surface area contributed by atoms with Crippen molar-refractivity contribution in [3.8, 4) is 5.75 Å². The van der Waals surface area contributed by atoms with Gasteiger partial charge in [-0.2, -0.15) is 5.10 Å². The predicted molar refractivity (Wildman–Crippen MR) is 90.3 cm³/mol. The number of methoxy groups -OCH3 is 1. The molecule has 0 aliphatic carbocycles. The molecule has 1 aliphatic rings. The maximum absolute atomic E-state index is 12.6. The Morgan fingerprint density at radius 3 is 2.71 bits per heavy atom. The normalized spacial score (nSPS) is 16.6. The Morgan fingerprint density at radius 1 is 1.33 bits per heavy atom. The van der Waals surface area contributed by atoms with Gasteiger partial charge in [0.05, 0.1) is 30.6 Å². The lowest BCUT2D eigenvalue weighted by Crippen LogP contribution is -2.28. The highest BCUT2D eigenvalue weighted by molar-refractivity contribution is 5.95. The van der Waals surface area contributed by atoms with Crippen molar-refractivity contribution >= 4 is 5.91 Å². The highest BCUT2D eigenvalue weighted by Gasteiger charge is 2.24. The Morgan fingerprint density at radius 2 is 2.04 bits per heavy atom. The van der Waals surface area contributed by atoms with Crippen molar-refractivity contribution in [2.45, 2.75) is 31.7 Å². The first kappa shape index (κ1) is 16.5. The van der Waals surface area contributed by atoms with Gasteiger partial charge in [0.25, 0.3) is 5.91 Å². The molecule has 1 aromatic carbocycles. The van der Waals surface area contributed by atoms with Gasteiger partial charge in [-0.05, 0) is 37.5 Å². The molecule has 24 heavy (non-hydrogen) atoms. The number of carbonyl (C=O) groups is 1. The van der Waals surface area contributed by atoms with Gasteiger partial charge in [0, 0.05) is 19.1 Å². The SMILES string of the molecule is COc1ccc(C(C)NC(=O)c2cn[nH]c2C2CCOCC2)cc1. The summed E-state index contributed by atoms with van der Waals surface area (Å²) in [5.74, 6) is 1.00. The summed E-state index contributed by atoms with van der Waals surface area (Å²) in [5, 5.41) is 10.1. The molecule has 3 rings (SSSR count). The molecular formula is C18H23N3O3. The quantitative estimate of drug-likeness (QED) is 0.884. The van der Waals surface area contributed by atoms with Crippen LogP contribution in [-0.2, 0) is 4.74 Å². The number of hydrogen-bond donors (Lipinski definition) is 2. The van der Waals surface area contributed by atoms with E-state index in [1.54, 1.807) is 13.3 Å². The summed E-state index contributed by atoms with van der Waals surface area (Å²) < 4.78 is 10.6. The smallest absolute Gasteiger partial charge is 0.255 e. The van der Waals surface area contributed by atoms with Crippen LogP contribution in [-0.4, -0.2) is 36.4 Å². The van der Waals surface area contributed by atoms with E-state index in [2.05, 4.69) is 15.5 Å². The van der Waals surface area contributed by atoms with Crippen molar-refractivity contribution in [2.24, 2.45) is 0 Å². The van der Waals surface area contributed by atoms with Gasteiger partial charge in [0.1, 0.15) is 5.75 Å². The number of benzene rings is 1. The zero-order valence-corrected chi connectivity index (χ0v) is 14.0. The van der Waals surface area contributed by atoms with E-state index < -0.39 is 0 Å². The van der Waals surface area contributed by atoms with E-state index in [1.165, 1.54) is 0 Å². The molecule has 6 nitrogen and oxygen atoms in total. The van der Waals surface area contributed by atoms with Gasteiger partial charge < -0.3 is 14.8 Å². The van der Waals surface area contributed by atoms with E-state index in [4.69, 9.17) is 9.47 Å². The minimum Gasteiger partial charge on any atom is -0.497 e. The largest absolute Gasteiger partial charge is 0.497 e. The molecule has 2 heterocycles. The van der Waals surface area contributed by atoms with Gasteiger partial charge in [-0.15, -0.1) is 0 Å². The molecule has 1 saturated heterocycles. The Bertz CT molecular complexity index is 675. The molecular weight excluding hydrogens is 306 g/mol. The Hall–Kier alpha value is -2.34. The molecule has 1 atom stereocenters. The second-order valence-corrected chi connectivity index (χ2v) is 6.05. The molecule has 0 saturated carbocycles. The summed E-state index contributed by atoms with van der Waals surface area (Å²) in [4.78, 5) is 12.6. The second kappa shape index (κ2) is 7.49. The molecule has 128 valence electrons. The summed E-state index contributed by atoms with van der Waals surface area (Å²) in [5.41, 5.74) is 2.57. The van der Waals surface area contributed by atoms with E-state index in [0.29, 0.717) is 11.5 Å². The highest BCUT2D eigenvalue weighted by Crippen LogP contribution is 2.28. The summed E-state index contributed by atoms with van der Waals surface area (Å²) in [6.07, 6.45) is 3.44. The van der Waals surface area contributed by atoms with E-state index >= 15 is 0 Å². The van der Waals surface area contributed by atoms with E-state index in [9.17, 15) is 4.79 Å². The molecule has 2 aromatic rings. The van der Waals surface area contributed by atoms with E-state index in [1.807, 2.05) is 31.2 Å². The standard InChI is InChI=1S/C18H23N3O3/c1-12(13-3-5-15(23-2)6-4-13)20-18(22)16-11-19-21-17(16)14-7-9-24-10-8-14/h3-6,11-12,14H,7-10H2,1-2H3,(H,19,21)(H,20,22). The summed E-state index contributed by atoms with van der Waals surface area (Å²) in [6.45, 7) is 3.42. The van der Waals surface area contributed by atoms with Crippen LogP contribution >= 0.6 is 0 Å². The van der Waals surface area contributed by atoms with Gasteiger partial charge in [-0.3, -0.25) is 9.89 Å². The Kier molecular flexibility index (Phi) is 5.15. The fourth-order valence-electron chi connectivity index (χ4n) is 3.02. The van der Waals surface area contributed by atoms with Crippen molar-refractivity contribution in [1.29, 1.82) is 0 Å². The number of aromatic nitrogens is 2. The van der Waals surface area contributed by atoms with Crippen LogP contribution in [0.25, 0.3) is 0 Å². The van der Waals surface area contributed by atoms with E-state index in [-0.39, 0.29) is 11.9 Å². The number of amides is 1. The molecule has 0 spiro atoms. The maximum Gasteiger partial charge on any atom is 0.255 e. The number of aromatic amines is 1. The molecule has 1 fully saturated rings. The summed E-state index contributed by atoms with van der Waals surface area (Å²) in [7, 11) is 1.64. The van der Waals surface area contributed by atoms with Crippen LogP contribution in [0.3, 0.4) is 0 Å². The molecule has 1 unspecified atom stereocenters.